The van der Waals surface area contributed by atoms with E-state index in [1.54, 1.807) is 21.9 Å². The van der Waals surface area contributed by atoms with Crippen molar-refractivity contribution in [2.75, 3.05) is 39.5 Å². The van der Waals surface area contributed by atoms with Crippen molar-refractivity contribution in [3.05, 3.63) is 92.8 Å². The van der Waals surface area contributed by atoms with Crippen molar-refractivity contribution in [2.45, 2.75) is 20.5 Å². The van der Waals surface area contributed by atoms with Gasteiger partial charge in [0.2, 0.25) is 0 Å². The van der Waals surface area contributed by atoms with E-state index in [9.17, 15) is 9.59 Å². The quantitative estimate of drug-likeness (QED) is 0.246. The Morgan fingerprint density at radius 3 is 2.55 bits per heavy atom. The van der Waals surface area contributed by atoms with Gasteiger partial charge in [-0.2, -0.15) is 0 Å². The van der Waals surface area contributed by atoms with Crippen LogP contribution < -0.4 is 9.47 Å². The molecule has 2 heterocycles. The van der Waals surface area contributed by atoms with Gasteiger partial charge >= 0.3 is 0 Å². The Morgan fingerprint density at radius 2 is 1.81 bits per heavy atom. The van der Waals surface area contributed by atoms with Crippen molar-refractivity contribution in [3.63, 3.8) is 0 Å². The van der Waals surface area contributed by atoms with Crippen molar-refractivity contribution >= 4 is 56.4 Å². The second-order valence-electron chi connectivity index (χ2n) is 9.56. The van der Waals surface area contributed by atoms with Crippen molar-refractivity contribution in [1.29, 1.82) is 0 Å². The fourth-order valence-electron chi connectivity index (χ4n) is 4.53. The summed E-state index contributed by atoms with van der Waals surface area (Å²) in [4.78, 5) is 35.0. The third kappa shape index (κ3) is 7.24. The molecule has 10 heteroatoms. The molecule has 0 unspecified atom stereocenters. The summed E-state index contributed by atoms with van der Waals surface area (Å²) in [5.41, 5.74) is 3.05. The second kappa shape index (κ2) is 14.0. The predicted octanol–water partition coefficient (Wildman–Crippen LogP) is 6.52. The Kier molecular flexibility index (Phi) is 9.99. The van der Waals surface area contributed by atoms with Gasteiger partial charge in [-0.05, 0) is 85.3 Å². The zero-order chi connectivity index (χ0) is 29.5. The molecule has 42 heavy (non-hydrogen) atoms. The Balaban J connectivity index is 1.34. The lowest BCUT2D eigenvalue weighted by molar-refractivity contribution is -0.122. The first kappa shape index (κ1) is 29.9. The first-order chi connectivity index (χ1) is 20.4. The SMILES string of the molecule is CCOc1cc(/C=C2/SC(=Nc3cccc(C(=O)N4CCOCC4)c3)N(CC)C2=O)ccc1OCc1ccc(Br)cc1. The van der Waals surface area contributed by atoms with E-state index < -0.39 is 0 Å². The van der Waals surface area contributed by atoms with E-state index in [2.05, 4.69) is 15.9 Å². The molecule has 2 aliphatic rings. The van der Waals surface area contributed by atoms with Gasteiger partial charge in [-0.15, -0.1) is 0 Å². The van der Waals surface area contributed by atoms with Crippen LogP contribution in [0.25, 0.3) is 6.08 Å². The zero-order valence-corrected chi connectivity index (χ0v) is 25.9. The summed E-state index contributed by atoms with van der Waals surface area (Å²) >= 11 is 4.77. The summed E-state index contributed by atoms with van der Waals surface area (Å²) in [7, 11) is 0. The number of aliphatic imine (C=N–C) groups is 1. The number of likely N-dealkylation sites (N-methyl/N-ethyl adjacent to an activating group) is 1. The van der Waals surface area contributed by atoms with Crippen LogP contribution in [0.4, 0.5) is 5.69 Å². The smallest absolute Gasteiger partial charge is 0.266 e. The summed E-state index contributed by atoms with van der Waals surface area (Å²) in [6.07, 6.45) is 1.84. The number of benzene rings is 3. The van der Waals surface area contributed by atoms with Crippen LogP contribution in [0, 0.1) is 0 Å². The molecule has 2 fully saturated rings. The summed E-state index contributed by atoms with van der Waals surface area (Å²) in [6, 6.07) is 20.8. The zero-order valence-electron chi connectivity index (χ0n) is 23.5. The molecule has 2 saturated heterocycles. The largest absolute Gasteiger partial charge is 0.490 e. The third-order valence-corrected chi connectivity index (χ3v) is 8.23. The molecule has 2 amide bonds. The molecular formula is C32H32BrN3O5S. The minimum atomic E-state index is -0.115. The number of thioether (sulfide) groups is 1. The minimum Gasteiger partial charge on any atom is -0.490 e. The molecule has 218 valence electrons. The van der Waals surface area contributed by atoms with Crippen LogP contribution in [0.15, 0.2) is 81.1 Å². The van der Waals surface area contributed by atoms with Crippen LogP contribution in [-0.2, 0) is 16.1 Å². The number of nitrogens with zero attached hydrogens (tertiary/aromatic N) is 3. The average Bonchev–Trinajstić information content (AvgIpc) is 3.30. The van der Waals surface area contributed by atoms with Crippen LogP contribution >= 0.6 is 27.7 Å². The summed E-state index contributed by atoms with van der Waals surface area (Å²) in [5, 5.41) is 0.573. The maximum Gasteiger partial charge on any atom is 0.266 e. The van der Waals surface area contributed by atoms with Crippen LogP contribution in [0.3, 0.4) is 0 Å². The van der Waals surface area contributed by atoms with Crippen molar-refractivity contribution < 1.29 is 23.8 Å². The number of carbonyl (C=O) groups is 2. The van der Waals surface area contributed by atoms with E-state index in [0.29, 0.717) is 78.9 Å². The number of ether oxygens (including phenoxy) is 3. The maximum atomic E-state index is 13.3. The van der Waals surface area contributed by atoms with E-state index in [1.165, 1.54) is 11.8 Å². The van der Waals surface area contributed by atoms with E-state index in [0.717, 1.165) is 15.6 Å². The number of halogens is 1. The van der Waals surface area contributed by atoms with Crippen molar-refractivity contribution in [1.82, 2.24) is 9.80 Å². The van der Waals surface area contributed by atoms with E-state index in [-0.39, 0.29) is 11.8 Å². The molecule has 8 nitrogen and oxygen atoms in total. The average molecular weight is 651 g/mol. The van der Waals surface area contributed by atoms with E-state index in [1.807, 2.05) is 74.5 Å². The number of hydrogen-bond donors (Lipinski definition) is 0. The van der Waals surface area contributed by atoms with Crippen molar-refractivity contribution in [3.8, 4) is 11.5 Å². The lowest BCUT2D eigenvalue weighted by Gasteiger charge is -2.26. The third-order valence-electron chi connectivity index (χ3n) is 6.69. The number of amides is 2. The van der Waals surface area contributed by atoms with Gasteiger partial charge in [0.15, 0.2) is 16.7 Å². The fourth-order valence-corrected chi connectivity index (χ4v) is 5.86. The normalized spacial score (nSPS) is 17.3. The van der Waals surface area contributed by atoms with Crippen molar-refractivity contribution in [2.24, 2.45) is 4.99 Å². The Morgan fingerprint density at radius 1 is 1.02 bits per heavy atom. The first-order valence-electron chi connectivity index (χ1n) is 13.9. The summed E-state index contributed by atoms with van der Waals surface area (Å²) < 4.78 is 18.3. The molecule has 2 aliphatic heterocycles. The Labute approximate surface area is 258 Å². The Hall–Kier alpha value is -3.60. The van der Waals surface area contributed by atoms with E-state index in [4.69, 9.17) is 19.2 Å². The number of carbonyl (C=O) groups excluding carboxylic acids is 2. The maximum absolute atomic E-state index is 13.3. The van der Waals surface area contributed by atoms with Crippen LogP contribution in [0.1, 0.15) is 35.3 Å². The summed E-state index contributed by atoms with van der Waals surface area (Å²) in [5.74, 6) is 1.09. The molecule has 3 aromatic carbocycles. The molecule has 0 bridgehead atoms. The lowest BCUT2D eigenvalue weighted by Crippen LogP contribution is -2.40. The number of rotatable bonds is 9. The molecular weight excluding hydrogens is 618 g/mol. The molecule has 0 aromatic heterocycles. The molecule has 3 aromatic rings. The lowest BCUT2D eigenvalue weighted by atomic mass is 10.1. The molecule has 5 rings (SSSR count). The number of hydrogen-bond acceptors (Lipinski definition) is 7. The Bertz CT molecular complexity index is 1500. The van der Waals surface area contributed by atoms with Gasteiger partial charge in [-0.3, -0.25) is 14.5 Å². The van der Waals surface area contributed by atoms with Gasteiger partial charge in [0.1, 0.15) is 6.61 Å². The molecule has 0 radical (unpaired) electrons. The highest BCUT2D eigenvalue weighted by Crippen LogP contribution is 2.36. The predicted molar refractivity (Wildman–Crippen MR) is 169 cm³/mol. The van der Waals surface area contributed by atoms with Gasteiger partial charge in [0.05, 0.1) is 30.4 Å². The molecule has 0 atom stereocenters. The van der Waals surface area contributed by atoms with Crippen LogP contribution in [0.2, 0.25) is 0 Å². The monoisotopic (exact) mass is 649 g/mol. The second-order valence-corrected chi connectivity index (χ2v) is 11.5. The molecule has 0 aliphatic carbocycles. The van der Waals surface area contributed by atoms with Gasteiger partial charge in [0.25, 0.3) is 11.8 Å². The fraction of sp³-hybridized carbons (Fsp3) is 0.281. The number of amidine groups is 1. The van der Waals surface area contributed by atoms with Gasteiger partial charge < -0.3 is 19.1 Å². The topological polar surface area (TPSA) is 80.7 Å². The highest BCUT2D eigenvalue weighted by atomic mass is 79.9. The molecule has 0 N–H and O–H groups in total. The van der Waals surface area contributed by atoms with Crippen LogP contribution in [-0.4, -0.2) is 66.2 Å². The van der Waals surface area contributed by atoms with Crippen LogP contribution in [0.5, 0.6) is 11.5 Å². The highest BCUT2D eigenvalue weighted by Gasteiger charge is 2.32. The standard InChI is InChI=1S/C32H32BrN3O5S/c1-3-36-31(38)29(42-32(36)34-26-7-5-6-24(20-26)30(37)35-14-16-39-17-15-35)19-23-10-13-27(28(18-23)40-4-2)41-21-22-8-11-25(33)12-9-22/h5-13,18-20H,3-4,14-17,21H2,1-2H3/b29-19+,34-32?. The molecule has 0 saturated carbocycles. The van der Waals surface area contributed by atoms with Gasteiger partial charge in [-0.25, -0.2) is 4.99 Å². The summed E-state index contributed by atoms with van der Waals surface area (Å²) in [6.45, 7) is 7.43. The first-order valence-corrected chi connectivity index (χ1v) is 15.5. The van der Waals surface area contributed by atoms with Gasteiger partial charge in [0, 0.05) is 29.7 Å². The van der Waals surface area contributed by atoms with E-state index >= 15 is 0 Å². The molecule has 0 spiro atoms. The minimum absolute atomic E-state index is 0.0437. The van der Waals surface area contributed by atoms with Gasteiger partial charge in [-0.1, -0.05) is 40.2 Å². The number of morpholine rings is 1. The highest BCUT2D eigenvalue weighted by molar-refractivity contribution is 9.10.